The van der Waals surface area contributed by atoms with E-state index in [2.05, 4.69) is 15.6 Å². The number of anilines is 2. The maximum absolute atomic E-state index is 14.5. The summed E-state index contributed by atoms with van der Waals surface area (Å²) in [6.07, 6.45) is 1.64. The molecule has 12 heteroatoms. The fourth-order valence-corrected chi connectivity index (χ4v) is 5.49. The molecule has 0 spiro atoms. The van der Waals surface area contributed by atoms with Crippen LogP contribution in [-0.2, 0) is 27.9 Å². The van der Waals surface area contributed by atoms with E-state index in [0.717, 1.165) is 12.8 Å². The predicted octanol–water partition coefficient (Wildman–Crippen LogP) is 5.08. The maximum atomic E-state index is 14.5. The third-order valence-electron chi connectivity index (χ3n) is 6.16. The molecule has 1 fully saturated rings. The van der Waals surface area contributed by atoms with Crippen LogP contribution in [0.15, 0.2) is 47.4 Å². The van der Waals surface area contributed by atoms with Gasteiger partial charge in [-0.3, -0.25) is 4.31 Å². The molecule has 2 heterocycles. The second kappa shape index (κ2) is 11.4. The van der Waals surface area contributed by atoms with Gasteiger partial charge in [0.25, 0.3) is 0 Å². The molecule has 0 radical (unpaired) electrons. The van der Waals surface area contributed by atoms with Crippen molar-refractivity contribution in [3.05, 3.63) is 48.3 Å². The number of ether oxygens (including phenoxy) is 1. The second-order valence-electron chi connectivity index (χ2n) is 9.42. The van der Waals surface area contributed by atoms with Crippen LogP contribution < -0.4 is 14.9 Å². The zero-order valence-corrected chi connectivity index (χ0v) is 23.0. The lowest BCUT2D eigenvalue weighted by Crippen LogP contribution is -2.34. The van der Waals surface area contributed by atoms with Crippen LogP contribution in [0.5, 0.6) is 0 Å². The van der Waals surface area contributed by atoms with Crippen LogP contribution in [0.4, 0.5) is 25.0 Å². The summed E-state index contributed by atoms with van der Waals surface area (Å²) in [6, 6.07) is 11.6. The van der Waals surface area contributed by atoms with Crippen LogP contribution in [-0.4, -0.2) is 46.1 Å². The Balaban J connectivity index is 1.55. The third kappa shape index (κ3) is 6.64. The summed E-state index contributed by atoms with van der Waals surface area (Å²) in [6.45, 7) is 5.43. The van der Waals surface area contributed by atoms with Crippen molar-refractivity contribution in [1.29, 1.82) is 0 Å². The third-order valence-corrected chi connectivity index (χ3v) is 7.80. The highest BCUT2D eigenvalue weighted by atomic mass is 32.2. The number of carbonyl (C=O) groups is 1. The highest BCUT2D eigenvalue weighted by Crippen LogP contribution is 2.38. The topological polar surface area (TPSA) is 88.5 Å². The zero-order chi connectivity index (χ0) is 26.7. The van der Waals surface area contributed by atoms with Gasteiger partial charge in [0.1, 0.15) is 0 Å². The quantitative estimate of drug-likeness (QED) is 0.383. The summed E-state index contributed by atoms with van der Waals surface area (Å²) >= 11 is 0. The molecule has 1 aliphatic rings. The highest BCUT2D eigenvalue weighted by Gasteiger charge is 2.33. The zero-order valence-electron chi connectivity index (χ0n) is 21.0. The van der Waals surface area contributed by atoms with Crippen molar-refractivity contribution in [3.8, 4) is 0 Å². The lowest BCUT2D eigenvalue weighted by atomic mass is 10.0. The molecule has 0 bridgehead atoms. The van der Waals surface area contributed by atoms with E-state index in [1.165, 1.54) is 0 Å². The van der Waals surface area contributed by atoms with E-state index < -0.39 is 16.6 Å². The number of imidazole rings is 1. The molecular weight excluding hydrogens is 519 g/mol. The van der Waals surface area contributed by atoms with Gasteiger partial charge in [0.05, 0.1) is 21.6 Å². The number of hydrogen-bond donors (Lipinski definition) is 2. The minimum absolute atomic E-state index is 0.00408. The van der Waals surface area contributed by atoms with E-state index >= 15 is 0 Å². The Bertz CT molecular complexity index is 1270. The molecule has 1 aromatic heterocycles. The second-order valence-corrected chi connectivity index (χ2v) is 11.7. The van der Waals surface area contributed by atoms with Crippen LogP contribution in [0.1, 0.15) is 32.5 Å². The number of benzene rings is 2. The number of rotatable bonds is 8. The number of nitrogens with one attached hydrogen (secondary N) is 2. The fraction of sp³-hybridized carbons (Fsp3) is 0.440. The van der Waals surface area contributed by atoms with Gasteiger partial charge in [0.2, 0.25) is 0 Å². The summed E-state index contributed by atoms with van der Waals surface area (Å²) in [5.41, 5.74) is -0.994. The van der Waals surface area contributed by atoms with Gasteiger partial charge in [0.15, 0.2) is 16.8 Å². The molecule has 2 unspecified atom stereocenters. The molecule has 1 saturated heterocycles. The van der Waals surface area contributed by atoms with E-state index in [0.29, 0.717) is 47.1 Å². The number of aromatic nitrogens is 2. The molecule has 37 heavy (non-hydrogen) atoms. The lowest BCUT2D eigenvalue weighted by molar-refractivity contribution is 0.0568. The largest absolute Gasteiger partial charge is 0.381 e. The van der Waals surface area contributed by atoms with Gasteiger partial charge in [-0.15, -0.1) is 0 Å². The molecule has 3 aromatic rings. The summed E-state index contributed by atoms with van der Waals surface area (Å²) in [4.78, 5) is 16.7. The van der Waals surface area contributed by atoms with E-state index in [1.807, 2.05) is 13.8 Å². The van der Waals surface area contributed by atoms with Crippen molar-refractivity contribution < 1.29 is 22.5 Å². The number of hydrogen-bond acceptors (Lipinski definition) is 4. The van der Waals surface area contributed by atoms with Crippen LogP contribution >= 0.6 is 9.24 Å². The molecule has 2 atom stereocenters. The van der Waals surface area contributed by atoms with Crippen LogP contribution in [0, 0.1) is 5.92 Å². The van der Waals surface area contributed by atoms with E-state index in [4.69, 9.17) is 4.74 Å². The number of carbonyl (C=O) groups excluding carboxylic acids is 1. The van der Waals surface area contributed by atoms with Gasteiger partial charge in [-0.05, 0) is 75.1 Å². The van der Waals surface area contributed by atoms with Crippen molar-refractivity contribution in [2.45, 2.75) is 49.8 Å². The molecule has 200 valence electrons. The molecule has 0 saturated carbocycles. The first-order chi connectivity index (χ1) is 17.5. The molecular formula is C25H32F2N5O3PS. The first kappa shape index (κ1) is 27.4. The molecule has 2 aromatic carbocycles. The Hall–Kier alpha value is -2.62. The average Bonchev–Trinajstić information content (AvgIpc) is 3.22. The normalized spacial score (nSPS) is 15.6. The van der Waals surface area contributed by atoms with E-state index in [-0.39, 0.29) is 23.8 Å². The molecule has 8 nitrogen and oxygen atoms in total. The standard InChI is InChI=1S/C25H32F2N5O3PS/c1-16(2)28-24(33)29-18-4-7-20(8-5-18)37(34)31(3)19-6-9-22-21(14-19)30-23(25(26,27)36)32(22)15-17-10-12-35-13-11-17/h4-9,14,16-17H,10-13,15,36H2,1-3H3,(H2,28,29,33). The Morgan fingerprint density at radius 1 is 1.24 bits per heavy atom. The van der Waals surface area contributed by atoms with Crippen molar-refractivity contribution in [1.82, 2.24) is 14.9 Å². The van der Waals surface area contributed by atoms with Gasteiger partial charge in [0, 0.05) is 38.5 Å². The first-order valence-corrected chi connectivity index (χ1v) is 13.8. The predicted molar refractivity (Wildman–Crippen MR) is 145 cm³/mol. The molecule has 2 amide bonds. The van der Waals surface area contributed by atoms with Gasteiger partial charge in [-0.1, -0.05) is 9.24 Å². The van der Waals surface area contributed by atoms with Crippen LogP contribution in [0.2, 0.25) is 0 Å². The Labute approximate surface area is 219 Å². The SMILES string of the molecule is CC(C)NC(=O)Nc1ccc(S(=O)N(C)c2ccc3c(c2)nc(C(F)(F)P)n3CC2CCOCC2)cc1. The Kier molecular flexibility index (Phi) is 8.46. The van der Waals surface area contributed by atoms with E-state index in [9.17, 15) is 17.8 Å². The monoisotopic (exact) mass is 551 g/mol. The first-order valence-electron chi connectivity index (χ1n) is 12.1. The number of halogens is 2. The van der Waals surface area contributed by atoms with Crippen molar-refractivity contribution in [3.63, 3.8) is 0 Å². The summed E-state index contributed by atoms with van der Waals surface area (Å²) in [7, 11) is 1.68. The average molecular weight is 552 g/mol. The van der Waals surface area contributed by atoms with Crippen molar-refractivity contribution >= 4 is 48.7 Å². The summed E-state index contributed by atoms with van der Waals surface area (Å²) < 4.78 is 50.7. The molecule has 1 aliphatic heterocycles. The molecule has 2 N–H and O–H groups in total. The van der Waals surface area contributed by atoms with Gasteiger partial charge in [-0.25, -0.2) is 14.0 Å². The smallest absolute Gasteiger partial charge is 0.319 e. The number of amides is 2. The number of urea groups is 1. The van der Waals surface area contributed by atoms with Crippen LogP contribution in [0.25, 0.3) is 11.0 Å². The van der Waals surface area contributed by atoms with E-state index in [1.54, 1.807) is 67.6 Å². The maximum Gasteiger partial charge on any atom is 0.319 e. The van der Waals surface area contributed by atoms with Crippen molar-refractivity contribution in [2.24, 2.45) is 5.92 Å². The number of fused-ring (bicyclic) bond motifs is 1. The van der Waals surface area contributed by atoms with Gasteiger partial charge < -0.3 is 19.9 Å². The highest BCUT2D eigenvalue weighted by molar-refractivity contribution is 7.86. The van der Waals surface area contributed by atoms with Crippen molar-refractivity contribution in [2.75, 3.05) is 29.9 Å². The van der Waals surface area contributed by atoms with Gasteiger partial charge >= 0.3 is 11.7 Å². The summed E-state index contributed by atoms with van der Waals surface area (Å²) in [5, 5.41) is 5.47. The molecule has 0 aliphatic carbocycles. The number of alkyl halides is 2. The minimum atomic E-state index is -3.18. The molecule has 4 rings (SSSR count). The lowest BCUT2D eigenvalue weighted by Gasteiger charge is -2.24. The Morgan fingerprint density at radius 2 is 1.92 bits per heavy atom. The fourth-order valence-electron chi connectivity index (χ4n) is 4.28. The van der Waals surface area contributed by atoms with Gasteiger partial charge in [-0.2, -0.15) is 8.78 Å². The Morgan fingerprint density at radius 3 is 2.54 bits per heavy atom. The number of nitrogens with zero attached hydrogens (tertiary/aromatic N) is 3. The minimum Gasteiger partial charge on any atom is -0.381 e. The van der Waals surface area contributed by atoms with Crippen LogP contribution in [0.3, 0.4) is 0 Å². The summed E-state index contributed by atoms with van der Waals surface area (Å²) in [5.74, 6) is -0.0643.